The van der Waals surface area contributed by atoms with E-state index < -0.39 is 17.7 Å². The van der Waals surface area contributed by atoms with Crippen LogP contribution in [0, 0.1) is 0 Å². The fourth-order valence-corrected chi connectivity index (χ4v) is 1.01. The van der Waals surface area contributed by atoms with Crippen molar-refractivity contribution in [3.63, 3.8) is 0 Å². The van der Waals surface area contributed by atoms with Crippen LogP contribution in [0.4, 0.5) is 0 Å². The van der Waals surface area contributed by atoms with Crippen molar-refractivity contribution >= 4 is 17.7 Å². The van der Waals surface area contributed by atoms with Crippen LogP contribution in [0.1, 0.15) is 20.7 Å². The molecule has 0 unspecified atom stereocenters. The number of nitrogens with two attached hydrogens (primary N) is 1. The van der Waals surface area contributed by atoms with Crippen LogP contribution < -0.4 is 5.73 Å². The summed E-state index contributed by atoms with van der Waals surface area (Å²) in [5.74, 6) is -3.58. The Balaban J connectivity index is 3.27. The number of carboxylic acids is 1. The van der Waals surface area contributed by atoms with E-state index in [4.69, 9.17) is 10.8 Å². The van der Waals surface area contributed by atoms with Crippen molar-refractivity contribution in [2.45, 2.75) is 0 Å². The topological polar surface area (TPSA) is 97.5 Å². The van der Waals surface area contributed by atoms with E-state index in [1.807, 2.05) is 0 Å². The maximum Gasteiger partial charge on any atom is 0.377 e. The third-order valence-corrected chi connectivity index (χ3v) is 1.63. The number of hydrogen-bond donors (Lipinski definition) is 2. The summed E-state index contributed by atoms with van der Waals surface area (Å²) in [7, 11) is 0. The van der Waals surface area contributed by atoms with Crippen molar-refractivity contribution in [1.82, 2.24) is 0 Å². The van der Waals surface area contributed by atoms with Gasteiger partial charge in [-0.1, -0.05) is 12.1 Å². The van der Waals surface area contributed by atoms with Gasteiger partial charge in [-0.15, -0.1) is 0 Å². The van der Waals surface area contributed by atoms with Gasteiger partial charge in [0.05, 0.1) is 5.56 Å². The van der Waals surface area contributed by atoms with Crippen molar-refractivity contribution in [3.8, 4) is 0 Å². The monoisotopic (exact) mass is 193 g/mol. The molecule has 0 aliphatic rings. The normalized spacial score (nSPS) is 9.43. The van der Waals surface area contributed by atoms with E-state index in [9.17, 15) is 14.4 Å². The summed E-state index contributed by atoms with van der Waals surface area (Å²) >= 11 is 0. The molecule has 0 aliphatic carbocycles. The second kappa shape index (κ2) is 3.69. The van der Waals surface area contributed by atoms with E-state index in [0.29, 0.717) is 0 Å². The van der Waals surface area contributed by atoms with Gasteiger partial charge < -0.3 is 10.8 Å². The number of amides is 1. The van der Waals surface area contributed by atoms with Gasteiger partial charge in [0, 0.05) is 5.56 Å². The van der Waals surface area contributed by atoms with Crippen LogP contribution in [0.3, 0.4) is 0 Å². The average Bonchev–Trinajstić information content (AvgIpc) is 2.16. The smallest absolute Gasteiger partial charge is 0.377 e. The van der Waals surface area contributed by atoms with Crippen molar-refractivity contribution in [2.24, 2.45) is 5.73 Å². The third kappa shape index (κ3) is 1.77. The maximum absolute atomic E-state index is 11.1. The molecule has 0 aromatic heterocycles. The van der Waals surface area contributed by atoms with Crippen molar-refractivity contribution in [1.29, 1.82) is 0 Å². The molecular weight excluding hydrogens is 186 g/mol. The first-order valence-electron chi connectivity index (χ1n) is 3.70. The maximum atomic E-state index is 11.1. The Kier molecular flexibility index (Phi) is 2.62. The highest BCUT2D eigenvalue weighted by Gasteiger charge is 2.19. The first kappa shape index (κ1) is 9.91. The van der Waals surface area contributed by atoms with Gasteiger partial charge in [0.25, 0.3) is 5.78 Å². The molecule has 1 amide bonds. The number of ketones is 1. The molecule has 72 valence electrons. The van der Waals surface area contributed by atoms with Crippen LogP contribution in [0.25, 0.3) is 0 Å². The first-order chi connectivity index (χ1) is 6.54. The number of carboxylic acid groups (broad SMARTS) is 1. The number of carbonyl (C=O) groups is 3. The number of rotatable bonds is 3. The number of aliphatic carboxylic acids is 1. The van der Waals surface area contributed by atoms with Gasteiger partial charge in [-0.25, -0.2) is 4.79 Å². The minimum absolute atomic E-state index is 0.0834. The predicted molar refractivity (Wildman–Crippen MR) is 46.9 cm³/mol. The van der Waals surface area contributed by atoms with E-state index in [2.05, 4.69) is 0 Å². The molecule has 0 bridgehead atoms. The molecule has 1 aromatic carbocycles. The summed E-state index contributed by atoms with van der Waals surface area (Å²) in [5, 5.41) is 8.44. The Morgan fingerprint density at radius 1 is 1.07 bits per heavy atom. The van der Waals surface area contributed by atoms with E-state index in [1.165, 1.54) is 24.3 Å². The quantitative estimate of drug-likeness (QED) is 0.523. The zero-order valence-corrected chi connectivity index (χ0v) is 7.06. The summed E-state index contributed by atoms with van der Waals surface area (Å²) in [6, 6.07) is 5.51. The molecule has 0 fully saturated rings. The summed E-state index contributed by atoms with van der Waals surface area (Å²) in [6.07, 6.45) is 0. The highest BCUT2D eigenvalue weighted by atomic mass is 16.4. The van der Waals surface area contributed by atoms with E-state index in [-0.39, 0.29) is 11.1 Å². The lowest BCUT2D eigenvalue weighted by Crippen LogP contribution is -2.20. The number of benzene rings is 1. The first-order valence-corrected chi connectivity index (χ1v) is 3.70. The van der Waals surface area contributed by atoms with Crippen LogP contribution >= 0.6 is 0 Å². The highest BCUT2D eigenvalue weighted by molar-refractivity contribution is 6.41. The second-order valence-electron chi connectivity index (χ2n) is 2.54. The molecule has 3 N–H and O–H groups in total. The Hall–Kier alpha value is -2.17. The van der Waals surface area contributed by atoms with Crippen LogP contribution in [0.5, 0.6) is 0 Å². The lowest BCUT2D eigenvalue weighted by molar-refractivity contribution is -0.131. The predicted octanol–water partition coefficient (Wildman–Crippen LogP) is 0.0528. The summed E-state index contributed by atoms with van der Waals surface area (Å²) in [5.41, 5.74) is 4.70. The molecule has 5 nitrogen and oxygen atoms in total. The van der Waals surface area contributed by atoms with Crippen LogP contribution in [0.15, 0.2) is 24.3 Å². The summed E-state index contributed by atoms with van der Waals surface area (Å²) < 4.78 is 0. The van der Waals surface area contributed by atoms with Crippen molar-refractivity contribution < 1.29 is 19.5 Å². The summed E-state index contributed by atoms with van der Waals surface area (Å²) in [6.45, 7) is 0. The Bertz CT molecular complexity index is 411. The van der Waals surface area contributed by atoms with Gasteiger partial charge in [-0.3, -0.25) is 9.59 Å². The average molecular weight is 193 g/mol. The van der Waals surface area contributed by atoms with E-state index in [0.717, 1.165) is 0 Å². The Morgan fingerprint density at radius 2 is 1.57 bits per heavy atom. The van der Waals surface area contributed by atoms with Crippen LogP contribution in [-0.4, -0.2) is 22.8 Å². The lowest BCUT2D eigenvalue weighted by Gasteiger charge is -2.01. The third-order valence-electron chi connectivity index (χ3n) is 1.63. The molecule has 5 heteroatoms. The second-order valence-corrected chi connectivity index (χ2v) is 2.54. The molecule has 0 radical (unpaired) electrons. The molecular formula is C9H7NO4. The lowest BCUT2D eigenvalue weighted by atomic mass is 10.0. The molecule has 0 saturated heterocycles. The number of carbonyl (C=O) groups excluding carboxylic acids is 2. The molecule has 14 heavy (non-hydrogen) atoms. The van der Waals surface area contributed by atoms with E-state index >= 15 is 0 Å². The molecule has 0 atom stereocenters. The van der Waals surface area contributed by atoms with Gasteiger partial charge >= 0.3 is 5.97 Å². The Labute approximate surface area is 79.1 Å². The molecule has 0 spiro atoms. The summed E-state index contributed by atoms with van der Waals surface area (Å²) in [4.78, 5) is 32.3. The van der Waals surface area contributed by atoms with Gasteiger partial charge in [-0.05, 0) is 12.1 Å². The SMILES string of the molecule is NC(=O)c1ccccc1C(=O)C(=O)O. The fourth-order valence-electron chi connectivity index (χ4n) is 1.01. The molecule has 1 aromatic rings. The van der Waals surface area contributed by atoms with Gasteiger partial charge in [-0.2, -0.15) is 0 Å². The minimum Gasteiger partial charge on any atom is -0.475 e. The number of Topliss-reactive ketones (excluding diaryl/α,β-unsaturated/α-hetero) is 1. The minimum atomic E-state index is -1.61. The Morgan fingerprint density at radius 3 is 2.00 bits per heavy atom. The van der Waals surface area contributed by atoms with Gasteiger partial charge in [0.2, 0.25) is 5.91 Å². The largest absolute Gasteiger partial charge is 0.475 e. The zero-order valence-electron chi connectivity index (χ0n) is 7.06. The molecule has 0 saturated carbocycles. The van der Waals surface area contributed by atoms with E-state index in [1.54, 1.807) is 0 Å². The van der Waals surface area contributed by atoms with Crippen LogP contribution in [-0.2, 0) is 4.79 Å². The van der Waals surface area contributed by atoms with Crippen molar-refractivity contribution in [3.05, 3.63) is 35.4 Å². The molecule has 0 heterocycles. The highest BCUT2D eigenvalue weighted by Crippen LogP contribution is 2.08. The zero-order chi connectivity index (χ0) is 10.7. The standard InChI is InChI=1S/C9H7NO4/c10-8(12)6-4-2-1-3-5(6)7(11)9(13)14/h1-4H,(H2,10,12)(H,13,14). The van der Waals surface area contributed by atoms with Crippen LogP contribution in [0.2, 0.25) is 0 Å². The fraction of sp³-hybridized carbons (Fsp3) is 0. The number of primary amides is 1. The van der Waals surface area contributed by atoms with Gasteiger partial charge in [0.15, 0.2) is 0 Å². The van der Waals surface area contributed by atoms with Gasteiger partial charge in [0.1, 0.15) is 0 Å². The number of hydrogen-bond acceptors (Lipinski definition) is 3. The molecule has 0 aliphatic heterocycles. The van der Waals surface area contributed by atoms with Crippen molar-refractivity contribution in [2.75, 3.05) is 0 Å². The molecule has 1 rings (SSSR count).